The first-order valence-corrected chi connectivity index (χ1v) is 9.89. The van der Waals surface area contributed by atoms with Crippen LogP contribution in [0.15, 0.2) is 58.3 Å². The van der Waals surface area contributed by atoms with E-state index in [0.29, 0.717) is 5.75 Å². The number of nitrogens with one attached hydrogen (secondary N) is 1. The maximum absolute atomic E-state index is 11.8. The Morgan fingerprint density at radius 3 is 2.36 bits per heavy atom. The molecule has 0 atom stereocenters. The molecule has 9 heteroatoms. The number of nitro benzene ring substituents is 1. The fourth-order valence-electron chi connectivity index (χ4n) is 2.19. The molecule has 0 radical (unpaired) electrons. The molecule has 0 fully saturated rings. The summed E-state index contributed by atoms with van der Waals surface area (Å²) in [6.07, 6.45) is 0. The largest absolute Gasteiger partial charge is 0.373 e. The van der Waals surface area contributed by atoms with Gasteiger partial charge in [0.15, 0.2) is 0 Å². The van der Waals surface area contributed by atoms with Gasteiger partial charge < -0.3 is 5.32 Å². The zero-order chi connectivity index (χ0) is 18.7. The molecule has 0 bridgehead atoms. The minimum Gasteiger partial charge on any atom is -0.373 e. The molecule has 2 aromatic carbocycles. The van der Waals surface area contributed by atoms with Crippen molar-refractivity contribution in [2.24, 2.45) is 5.14 Å². The van der Waals surface area contributed by atoms with E-state index in [4.69, 9.17) is 5.14 Å². The Labute approximate surface area is 150 Å². The summed E-state index contributed by atoms with van der Waals surface area (Å²) in [5, 5.41) is 19.5. The van der Waals surface area contributed by atoms with Gasteiger partial charge in [0.1, 0.15) is 10.6 Å². The second kappa shape index (κ2) is 7.42. The summed E-state index contributed by atoms with van der Waals surface area (Å²) in [6, 6.07) is 13.5. The molecule has 0 amide bonds. The highest BCUT2D eigenvalue weighted by Gasteiger charge is 2.28. The Bertz CT molecular complexity index is 868. The second-order valence-electron chi connectivity index (χ2n) is 6.06. The van der Waals surface area contributed by atoms with Gasteiger partial charge in [0, 0.05) is 22.3 Å². The molecule has 2 aromatic rings. The summed E-state index contributed by atoms with van der Waals surface area (Å²) in [7, 11) is -4.10. The van der Waals surface area contributed by atoms with Crippen LogP contribution in [0.3, 0.4) is 0 Å². The molecule has 0 saturated carbocycles. The van der Waals surface area contributed by atoms with Crippen LogP contribution >= 0.6 is 11.8 Å². The summed E-state index contributed by atoms with van der Waals surface area (Å²) < 4.78 is 23.6. The average molecular weight is 381 g/mol. The number of nitrogens with zero attached hydrogens (tertiary/aromatic N) is 1. The van der Waals surface area contributed by atoms with Crippen LogP contribution in [0, 0.1) is 10.1 Å². The summed E-state index contributed by atoms with van der Waals surface area (Å²) in [5.41, 5.74) is -1.04. The number of anilines is 1. The third-order valence-electron chi connectivity index (χ3n) is 3.31. The molecule has 0 aromatic heterocycles. The maximum atomic E-state index is 11.8. The van der Waals surface area contributed by atoms with Crippen LogP contribution in [0.5, 0.6) is 0 Å². The highest BCUT2D eigenvalue weighted by atomic mass is 32.2. The Morgan fingerprint density at radius 2 is 1.80 bits per heavy atom. The summed E-state index contributed by atoms with van der Waals surface area (Å²) >= 11 is 1.56. The highest BCUT2D eigenvalue weighted by molar-refractivity contribution is 7.99. The number of nitro groups is 1. The topological polar surface area (TPSA) is 115 Å². The van der Waals surface area contributed by atoms with Gasteiger partial charge in [0.25, 0.3) is 5.69 Å². The molecular formula is C16H19N3O4S2. The van der Waals surface area contributed by atoms with Crippen molar-refractivity contribution in [2.45, 2.75) is 29.2 Å². The van der Waals surface area contributed by atoms with Crippen LogP contribution < -0.4 is 10.5 Å². The number of thioether (sulfide) groups is 1. The van der Waals surface area contributed by atoms with Gasteiger partial charge in [-0.2, -0.15) is 0 Å². The SMILES string of the molecule is CC(C)(CSc1ccccc1)Nc1c([N+](=O)[O-])cccc1S(N)(=O)=O. The number of para-hydroxylation sites is 1. The zero-order valence-electron chi connectivity index (χ0n) is 13.8. The second-order valence-corrected chi connectivity index (χ2v) is 8.64. The van der Waals surface area contributed by atoms with Gasteiger partial charge in [-0.1, -0.05) is 24.3 Å². The first-order valence-electron chi connectivity index (χ1n) is 7.36. The molecular weight excluding hydrogens is 362 g/mol. The van der Waals surface area contributed by atoms with Gasteiger partial charge in [-0.25, -0.2) is 13.6 Å². The molecule has 0 unspecified atom stereocenters. The molecule has 7 nitrogen and oxygen atoms in total. The molecule has 0 aliphatic rings. The molecule has 0 saturated heterocycles. The van der Waals surface area contributed by atoms with Gasteiger partial charge in [-0.3, -0.25) is 10.1 Å². The molecule has 0 aliphatic carbocycles. The molecule has 3 N–H and O–H groups in total. The molecule has 0 aliphatic heterocycles. The number of rotatable bonds is 7. The maximum Gasteiger partial charge on any atom is 0.293 e. The van der Waals surface area contributed by atoms with Gasteiger partial charge in [0.2, 0.25) is 10.0 Å². The van der Waals surface area contributed by atoms with E-state index in [0.717, 1.165) is 4.90 Å². The number of nitrogens with two attached hydrogens (primary N) is 1. The first kappa shape index (κ1) is 19.2. The number of primary sulfonamides is 1. The van der Waals surface area contributed by atoms with Crippen molar-refractivity contribution in [1.29, 1.82) is 0 Å². The number of sulfonamides is 1. The lowest BCUT2D eigenvalue weighted by Gasteiger charge is -2.28. The lowest BCUT2D eigenvalue weighted by atomic mass is 10.1. The summed E-state index contributed by atoms with van der Waals surface area (Å²) in [5.74, 6) is 0.563. The standard InChI is InChI=1S/C16H19N3O4S2/c1-16(2,11-24-12-7-4-3-5-8-12)18-15-13(19(20)21)9-6-10-14(15)25(17,22)23/h3-10,18H,11H2,1-2H3,(H2,17,22,23). The Hall–Kier alpha value is -2.10. The highest BCUT2D eigenvalue weighted by Crippen LogP contribution is 2.34. The minimum atomic E-state index is -4.10. The van der Waals surface area contributed by atoms with E-state index in [1.807, 2.05) is 44.2 Å². The Morgan fingerprint density at radius 1 is 1.16 bits per heavy atom. The number of benzene rings is 2. The van der Waals surface area contributed by atoms with E-state index in [1.54, 1.807) is 11.8 Å². The lowest BCUT2D eigenvalue weighted by molar-refractivity contribution is -0.384. The predicted octanol–water partition coefficient (Wildman–Crippen LogP) is 3.23. The van der Waals surface area contributed by atoms with Crippen LogP contribution in [0.2, 0.25) is 0 Å². The molecule has 2 rings (SSSR count). The van der Waals surface area contributed by atoms with Crippen LogP contribution in [0.1, 0.15) is 13.8 Å². The minimum absolute atomic E-state index is 0.0892. The van der Waals surface area contributed by atoms with Crippen molar-refractivity contribution in [3.63, 3.8) is 0 Å². The van der Waals surface area contributed by atoms with Crippen molar-refractivity contribution >= 4 is 33.2 Å². The van der Waals surface area contributed by atoms with Crippen molar-refractivity contribution < 1.29 is 13.3 Å². The van der Waals surface area contributed by atoms with Crippen LogP contribution in [-0.4, -0.2) is 24.6 Å². The number of hydrogen-bond donors (Lipinski definition) is 2. The fourth-order valence-corrected chi connectivity index (χ4v) is 3.85. The van der Waals surface area contributed by atoms with E-state index in [2.05, 4.69) is 5.32 Å². The van der Waals surface area contributed by atoms with Crippen molar-refractivity contribution in [3.05, 3.63) is 58.6 Å². The van der Waals surface area contributed by atoms with E-state index in [9.17, 15) is 18.5 Å². The number of hydrogen-bond acceptors (Lipinski definition) is 6. The summed E-state index contributed by atoms with van der Waals surface area (Å²) in [6.45, 7) is 3.68. The van der Waals surface area contributed by atoms with E-state index < -0.39 is 20.5 Å². The third kappa shape index (κ3) is 5.18. The molecule has 0 spiro atoms. The van der Waals surface area contributed by atoms with Crippen LogP contribution in [0.4, 0.5) is 11.4 Å². The normalized spacial score (nSPS) is 12.0. The zero-order valence-corrected chi connectivity index (χ0v) is 15.4. The quantitative estimate of drug-likeness (QED) is 0.432. The van der Waals surface area contributed by atoms with Crippen LogP contribution in [-0.2, 0) is 10.0 Å². The molecule has 25 heavy (non-hydrogen) atoms. The van der Waals surface area contributed by atoms with Crippen LogP contribution in [0.25, 0.3) is 0 Å². The van der Waals surface area contributed by atoms with Gasteiger partial charge in [0.05, 0.1) is 4.92 Å². The predicted molar refractivity (Wildman–Crippen MR) is 99.3 cm³/mol. The average Bonchev–Trinajstić information content (AvgIpc) is 2.52. The lowest BCUT2D eigenvalue weighted by Crippen LogP contribution is -2.35. The monoisotopic (exact) mass is 381 g/mol. The smallest absolute Gasteiger partial charge is 0.293 e. The fraction of sp³-hybridized carbons (Fsp3) is 0.250. The molecule has 0 heterocycles. The van der Waals surface area contributed by atoms with Crippen molar-refractivity contribution in [3.8, 4) is 0 Å². The third-order valence-corrected chi connectivity index (χ3v) is 5.74. The van der Waals surface area contributed by atoms with E-state index in [-0.39, 0.29) is 16.3 Å². The molecule has 134 valence electrons. The van der Waals surface area contributed by atoms with E-state index >= 15 is 0 Å². The Balaban J connectivity index is 2.32. The van der Waals surface area contributed by atoms with E-state index in [1.165, 1.54) is 18.2 Å². The van der Waals surface area contributed by atoms with Gasteiger partial charge >= 0.3 is 0 Å². The first-order chi connectivity index (χ1) is 11.6. The van der Waals surface area contributed by atoms with Crippen molar-refractivity contribution in [1.82, 2.24) is 0 Å². The Kier molecular flexibility index (Phi) is 5.71. The van der Waals surface area contributed by atoms with Gasteiger partial charge in [-0.05, 0) is 32.0 Å². The van der Waals surface area contributed by atoms with Gasteiger partial charge in [-0.15, -0.1) is 11.8 Å². The van der Waals surface area contributed by atoms with Crippen molar-refractivity contribution in [2.75, 3.05) is 11.1 Å². The summed E-state index contributed by atoms with van der Waals surface area (Å²) in [4.78, 5) is 11.4.